The highest BCUT2D eigenvalue weighted by Gasteiger charge is 2.08. The summed E-state index contributed by atoms with van der Waals surface area (Å²) in [7, 11) is 0. The van der Waals surface area contributed by atoms with Crippen molar-refractivity contribution in [1.29, 1.82) is 0 Å². The van der Waals surface area contributed by atoms with Gasteiger partial charge < -0.3 is 10.3 Å². The second-order valence-corrected chi connectivity index (χ2v) is 3.45. The number of H-pyrrole nitrogens is 1. The minimum absolute atomic E-state index is 0.113. The average molecular weight is 229 g/mol. The largest absolute Gasteiger partial charge is 0.348 e. The second-order valence-electron chi connectivity index (χ2n) is 3.45. The van der Waals surface area contributed by atoms with Gasteiger partial charge in [0.15, 0.2) is 0 Å². The summed E-state index contributed by atoms with van der Waals surface area (Å²) in [5, 5.41) is 2.67. The molecule has 86 valence electrons. The molecule has 5 heteroatoms. The van der Waals surface area contributed by atoms with Gasteiger partial charge in [-0.3, -0.25) is 14.6 Å². The van der Waals surface area contributed by atoms with Gasteiger partial charge in [0, 0.05) is 25.1 Å². The van der Waals surface area contributed by atoms with Crippen LogP contribution >= 0.6 is 0 Å². The van der Waals surface area contributed by atoms with Crippen LogP contribution in [-0.2, 0) is 6.54 Å². The monoisotopic (exact) mass is 229 g/mol. The van der Waals surface area contributed by atoms with Crippen LogP contribution in [0, 0.1) is 0 Å². The molecule has 2 rings (SSSR count). The molecule has 2 N–H and O–H groups in total. The van der Waals surface area contributed by atoms with E-state index in [1.165, 1.54) is 12.3 Å². The molecule has 0 unspecified atom stereocenters. The summed E-state index contributed by atoms with van der Waals surface area (Å²) in [5.74, 6) is -0.385. The molecule has 1 amide bonds. The average Bonchev–Trinajstić information content (AvgIpc) is 2.38. The van der Waals surface area contributed by atoms with Crippen LogP contribution in [0.4, 0.5) is 0 Å². The lowest BCUT2D eigenvalue weighted by molar-refractivity contribution is 0.0949. The maximum atomic E-state index is 11.7. The summed E-state index contributed by atoms with van der Waals surface area (Å²) in [6.07, 6.45) is 4.79. The van der Waals surface area contributed by atoms with Gasteiger partial charge in [-0.15, -0.1) is 0 Å². The number of carbonyl (C=O) groups excluding carboxylic acids is 1. The van der Waals surface area contributed by atoms with Crippen molar-refractivity contribution in [2.75, 3.05) is 0 Å². The number of aromatic amines is 1. The second kappa shape index (κ2) is 5.07. The molecule has 0 aromatic carbocycles. The Morgan fingerprint density at radius 3 is 2.76 bits per heavy atom. The third-order valence-corrected chi connectivity index (χ3v) is 2.27. The Balaban J connectivity index is 2.04. The zero-order valence-electron chi connectivity index (χ0n) is 9.01. The zero-order valence-corrected chi connectivity index (χ0v) is 9.01. The van der Waals surface area contributed by atoms with Crippen LogP contribution < -0.4 is 10.9 Å². The Bertz CT molecular complexity index is 563. The van der Waals surface area contributed by atoms with Crippen molar-refractivity contribution >= 4 is 5.91 Å². The lowest BCUT2D eigenvalue weighted by Crippen LogP contribution is -2.28. The summed E-state index contributed by atoms with van der Waals surface area (Å²) < 4.78 is 0. The van der Waals surface area contributed by atoms with Crippen molar-refractivity contribution in [1.82, 2.24) is 15.3 Å². The summed E-state index contributed by atoms with van der Waals surface area (Å²) in [4.78, 5) is 29.4. The third kappa shape index (κ3) is 2.78. The van der Waals surface area contributed by atoms with Crippen LogP contribution in [0.5, 0.6) is 0 Å². The van der Waals surface area contributed by atoms with E-state index in [0.717, 1.165) is 5.56 Å². The van der Waals surface area contributed by atoms with E-state index in [9.17, 15) is 9.59 Å². The summed E-state index contributed by atoms with van der Waals surface area (Å²) in [6.45, 7) is 0.371. The Kier molecular flexibility index (Phi) is 3.30. The summed E-state index contributed by atoms with van der Waals surface area (Å²) in [6, 6.07) is 6.70. The third-order valence-electron chi connectivity index (χ3n) is 2.27. The maximum Gasteiger partial charge on any atom is 0.260 e. The highest BCUT2D eigenvalue weighted by atomic mass is 16.2. The number of carbonyl (C=O) groups is 1. The minimum Gasteiger partial charge on any atom is -0.348 e. The number of pyridine rings is 2. The zero-order chi connectivity index (χ0) is 12.1. The van der Waals surface area contributed by atoms with Gasteiger partial charge in [0.05, 0.1) is 0 Å². The molecule has 5 nitrogen and oxygen atoms in total. The normalized spacial score (nSPS) is 9.88. The first kappa shape index (κ1) is 11.1. The van der Waals surface area contributed by atoms with Crippen LogP contribution in [-0.4, -0.2) is 15.9 Å². The van der Waals surface area contributed by atoms with Gasteiger partial charge >= 0.3 is 0 Å². The van der Waals surface area contributed by atoms with Gasteiger partial charge in [-0.05, 0) is 29.8 Å². The molecule has 0 radical (unpaired) electrons. The molecule has 0 atom stereocenters. The number of rotatable bonds is 3. The Labute approximate surface area is 97.5 Å². The molecule has 0 aliphatic rings. The fourth-order valence-electron chi connectivity index (χ4n) is 1.38. The molecule has 2 aromatic heterocycles. The van der Waals surface area contributed by atoms with E-state index in [-0.39, 0.29) is 17.0 Å². The van der Waals surface area contributed by atoms with Gasteiger partial charge in [0.1, 0.15) is 5.56 Å². The highest BCUT2D eigenvalue weighted by Crippen LogP contribution is 1.96. The molecule has 0 bridgehead atoms. The van der Waals surface area contributed by atoms with E-state index in [2.05, 4.69) is 15.3 Å². The number of nitrogens with zero attached hydrogens (tertiary/aromatic N) is 1. The number of hydrogen-bond donors (Lipinski definition) is 2. The van der Waals surface area contributed by atoms with Crippen molar-refractivity contribution < 1.29 is 4.79 Å². The Morgan fingerprint density at radius 1 is 1.29 bits per heavy atom. The predicted octanol–water partition coefficient (Wildman–Crippen LogP) is 0.700. The van der Waals surface area contributed by atoms with E-state index in [0.29, 0.717) is 6.54 Å². The van der Waals surface area contributed by atoms with Crippen LogP contribution in [0.25, 0.3) is 0 Å². The molecule has 0 saturated heterocycles. The quantitative estimate of drug-likeness (QED) is 0.813. The lowest BCUT2D eigenvalue weighted by Gasteiger charge is -2.03. The Morgan fingerprint density at radius 2 is 2.06 bits per heavy atom. The van der Waals surface area contributed by atoms with E-state index in [1.54, 1.807) is 30.6 Å². The van der Waals surface area contributed by atoms with Gasteiger partial charge in [-0.1, -0.05) is 0 Å². The van der Waals surface area contributed by atoms with E-state index in [1.807, 2.05) is 0 Å². The van der Waals surface area contributed by atoms with E-state index < -0.39 is 0 Å². The van der Waals surface area contributed by atoms with Crippen LogP contribution in [0.2, 0.25) is 0 Å². The minimum atomic E-state index is -0.389. The van der Waals surface area contributed by atoms with Crippen LogP contribution in [0.3, 0.4) is 0 Å². The number of aromatic nitrogens is 2. The molecule has 2 aromatic rings. The summed E-state index contributed by atoms with van der Waals surface area (Å²) in [5.41, 5.74) is 0.655. The number of hydrogen-bond acceptors (Lipinski definition) is 3. The van der Waals surface area contributed by atoms with Crippen molar-refractivity contribution in [2.24, 2.45) is 0 Å². The van der Waals surface area contributed by atoms with Crippen LogP contribution in [0.15, 0.2) is 47.7 Å². The van der Waals surface area contributed by atoms with E-state index in [4.69, 9.17) is 0 Å². The van der Waals surface area contributed by atoms with Gasteiger partial charge in [0.2, 0.25) is 0 Å². The first-order valence-corrected chi connectivity index (χ1v) is 5.12. The van der Waals surface area contributed by atoms with Crippen molar-refractivity contribution in [3.05, 3.63) is 64.3 Å². The molecule has 0 spiro atoms. The molecule has 0 saturated carbocycles. The van der Waals surface area contributed by atoms with Crippen molar-refractivity contribution in [3.63, 3.8) is 0 Å². The van der Waals surface area contributed by atoms with Crippen molar-refractivity contribution in [3.8, 4) is 0 Å². The standard InChI is InChI=1S/C12H11N3O2/c16-11-10(2-1-5-14-11)12(17)15-8-9-3-6-13-7-4-9/h1-7H,8H2,(H,14,16)(H,15,17). The molecular formula is C12H11N3O2. The molecule has 0 aliphatic heterocycles. The Hall–Kier alpha value is -2.43. The van der Waals surface area contributed by atoms with E-state index >= 15 is 0 Å². The fraction of sp³-hybridized carbons (Fsp3) is 0.0833. The maximum absolute atomic E-state index is 11.7. The smallest absolute Gasteiger partial charge is 0.260 e. The molecular weight excluding hydrogens is 218 g/mol. The van der Waals surface area contributed by atoms with Gasteiger partial charge in [-0.2, -0.15) is 0 Å². The SMILES string of the molecule is O=C(NCc1ccncc1)c1ccc[nH]c1=O. The molecule has 17 heavy (non-hydrogen) atoms. The first-order valence-electron chi connectivity index (χ1n) is 5.12. The van der Waals surface area contributed by atoms with Gasteiger partial charge in [0.25, 0.3) is 11.5 Å². The lowest BCUT2D eigenvalue weighted by atomic mass is 10.2. The van der Waals surface area contributed by atoms with Crippen LogP contribution in [0.1, 0.15) is 15.9 Å². The number of nitrogens with one attached hydrogen (secondary N) is 2. The summed E-state index contributed by atoms with van der Waals surface area (Å²) >= 11 is 0. The van der Waals surface area contributed by atoms with Crippen molar-refractivity contribution in [2.45, 2.75) is 6.54 Å². The molecule has 0 aliphatic carbocycles. The number of amides is 1. The topological polar surface area (TPSA) is 74.8 Å². The fourth-order valence-corrected chi connectivity index (χ4v) is 1.38. The first-order chi connectivity index (χ1) is 8.27. The van der Waals surface area contributed by atoms with Gasteiger partial charge in [-0.25, -0.2) is 0 Å². The highest BCUT2D eigenvalue weighted by molar-refractivity contribution is 5.93. The molecule has 0 fully saturated rings. The predicted molar refractivity (Wildman–Crippen MR) is 62.5 cm³/mol. The molecule has 2 heterocycles.